The number of carbonyl (C=O) groups is 1. The van der Waals surface area contributed by atoms with Crippen molar-refractivity contribution < 1.29 is 14.6 Å². The largest absolute Gasteiger partial charge is 0.478 e. The second-order valence-corrected chi connectivity index (χ2v) is 4.02. The van der Waals surface area contributed by atoms with Crippen LogP contribution in [0.15, 0.2) is 30.9 Å². The lowest BCUT2D eigenvalue weighted by molar-refractivity contribution is 0.0697. The molecule has 0 aliphatic heterocycles. The van der Waals surface area contributed by atoms with E-state index in [0.29, 0.717) is 19.8 Å². The molecule has 98 valence electrons. The van der Waals surface area contributed by atoms with Crippen LogP contribution in [-0.2, 0) is 4.74 Å². The number of ether oxygens (including phenoxy) is 1. The fourth-order valence-electron chi connectivity index (χ4n) is 1.33. The van der Waals surface area contributed by atoms with Gasteiger partial charge in [-0.3, -0.25) is 0 Å². The number of anilines is 1. The van der Waals surface area contributed by atoms with Gasteiger partial charge in [-0.2, -0.15) is 0 Å². The molecular weight excluding hydrogens is 254 g/mol. The number of benzene rings is 1. The van der Waals surface area contributed by atoms with E-state index in [1.54, 1.807) is 18.2 Å². The quantitative estimate of drug-likeness (QED) is 0.563. The van der Waals surface area contributed by atoms with Crippen LogP contribution in [0.5, 0.6) is 0 Å². The van der Waals surface area contributed by atoms with Crippen LogP contribution in [0, 0.1) is 0 Å². The van der Waals surface area contributed by atoms with Gasteiger partial charge in [-0.1, -0.05) is 17.7 Å². The molecule has 0 aliphatic carbocycles. The van der Waals surface area contributed by atoms with Gasteiger partial charge in [0.2, 0.25) is 0 Å². The summed E-state index contributed by atoms with van der Waals surface area (Å²) in [6.45, 7) is 5.47. The highest BCUT2D eigenvalue weighted by molar-refractivity contribution is 6.33. The second-order valence-electron chi connectivity index (χ2n) is 3.62. The first-order valence-corrected chi connectivity index (χ1v) is 5.98. The lowest BCUT2D eigenvalue weighted by Crippen LogP contribution is -2.10. The standard InChI is InChI=1S/C13H16ClNO3/c1-2-3-7-18-8-6-15-10-4-5-11(13(16)17)12(14)9-10/h2,4-5,9,15H,1,3,6-8H2,(H,16,17). The first-order valence-electron chi connectivity index (χ1n) is 5.60. The van der Waals surface area contributed by atoms with Crippen LogP contribution in [-0.4, -0.2) is 30.8 Å². The third-order valence-corrected chi connectivity index (χ3v) is 2.55. The van der Waals surface area contributed by atoms with Crippen molar-refractivity contribution in [1.82, 2.24) is 0 Å². The summed E-state index contributed by atoms with van der Waals surface area (Å²) in [4.78, 5) is 10.8. The normalized spacial score (nSPS) is 10.1. The monoisotopic (exact) mass is 269 g/mol. The number of nitrogens with one attached hydrogen (secondary N) is 1. The summed E-state index contributed by atoms with van der Waals surface area (Å²) in [5.41, 5.74) is 0.877. The van der Waals surface area contributed by atoms with Crippen molar-refractivity contribution in [3.8, 4) is 0 Å². The molecule has 0 aromatic heterocycles. The molecule has 0 heterocycles. The molecule has 0 amide bonds. The number of carboxylic acids is 1. The van der Waals surface area contributed by atoms with Crippen LogP contribution in [0.3, 0.4) is 0 Å². The van der Waals surface area contributed by atoms with Gasteiger partial charge in [0.05, 0.1) is 23.8 Å². The number of hydrogen-bond acceptors (Lipinski definition) is 3. The molecule has 0 unspecified atom stereocenters. The maximum Gasteiger partial charge on any atom is 0.337 e. The van der Waals surface area contributed by atoms with E-state index in [1.165, 1.54) is 6.07 Å². The van der Waals surface area contributed by atoms with E-state index in [0.717, 1.165) is 12.1 Å². The van der Waals surface area contributed by atoms with E-state index < -0.39 is 5.97 Å². The van der Waals surface area contributed by atoms with Crippen molar-refractivity contribution in [1.29, 1.82) is 0 Å². The summed E-state index contributed by atoms with van der Waals surface area (Å²) in [6, 6.07) is 4.75. The molecule has 0 atom stereocenters. The van der Waals surface area contributed by atoms with Gasteiger partial charge in [-0.15, -0.1) is 6.58 Å². The second kappa shape index (κ2) is 7.74. The van der Waals surface area contributed by atoms with E-state index in [9.17, 15) is 4.79 Å². The van der Waals surface area contributed by atoms with Crippen LogP contribution in [0.1, 0.15) is 16.8 Å². The molecular formula is C13H16ClNO3. The van der Waals surface area contributed by atoms with E-state index >= 15 is 0 Å². The molecule has 5 heteroatoms. The van der Waals surface area contributed by atoms with Gasteiger partial charge >= 0.3 is 5.97 Å². The minimum atomic E-state index is -1.03. The van der Waals surface area contributed by atoms with Crippen LogP contribution < -0.4 is 5.32 Å². The Bertz CT molecular complexity index is 421. The lowest BCUT2D eigenvalue weighted by Gasteiger charge is -2.08. The van der Waals surface area contributed by atoms with Crippen LogP contribution in [0.4, 0.5) is 5.69 Å². The lowest BCUT2D eigenvalue weighted by atomic mass is 10.2. The van der Waals surface area contributed by atoms with E-state index in [4.69, 9.17) is 21.4 Å². The maximum atomic E-state index is 10.8. The zero-order valence-electron chi connectivity index (χ0n) is 9.99. The summed E-state index contributed by atoms with van der Waals surface area (Å²) in [5.74, 6) is -1.03. The molecule has 0 saturated carbocycles. The molecule has 0 spiro atoms. The third kappa shape index (κ3) is 4.77. The molecule has 0 saturated heterocycles. The van der Waals surface area contributed by atoms with Crippen molar-refractivity contribution in [2.24, 2.45) is 0 Å². The Hall–Kier alpha value is -1.52. The number of halogens is 1. The number of hydrogen-bond donors (Lipinski definition) is 2. The first kappa shape index (κ1) is 14.5. The molecule has 0 radical (unpaired) electrons. The Balaban J connectivity index is 2.37. The van der Waals surface area contributed by atoms with E-state index in [1.807, 2.05) is 0 Å². The SMILES string of the molecule is C=CCCOCCNc1ccc(C(=O)O)c(Cl)c1. The predicted molar refractivity (Wildman–Crippen MR) is 72.5 cm³/mol. The van der Waals surface area contributed by atoms with E-state index in [2.05, 4.69) is 11.9 Å². The Kier molecular flexibility index (Phi) is 6.25. The molecule has 4 nitrogen and oxygen atoms in total. The minimum Gasteiger partial charge on any atom is -0.478 e. The first-order chi connectivity index (χ1) is 8.65. The van der Waals surface area contributed by atoms with Gasteiger partial charge in [-0.25, -0.2) is 4.79 Å². The molecule has 0 bridgehead atoms. The summed E-state index contributed by atoms with van der Waals surface area (Å²) < 4.78 is 5.33. The van der Waals surface area contributed by atoms with Crippen molar-refractivity contribution in [2.45, 2.75) is 6.42 Å². The fourth-order valence-corrected chi connectivity index (χ4v) is 1.60. The highest BCUT2D eigenvalue weighted by atomic mass is 35.5. The highest BCUT2D eigenvalue weighted by Crippen LogP contribution is 2.20. The molecule has 1 aromatic rings. The third-order valence-electron chi connectivity index (χ3n) is 2.24. The number of aromatic carboxylic acids is 1. The van der Waals surface area contributed by atoms with Crippen LogP contribution in [0.2, 0.25) is 5.02 Å². The van der Waals surface area contributed by atoms with Gasteiger partial charge in [0.15, 0.2) is 0 Å². The van der Waals surface area contributed by atoms with Crippen molar-refractivity contribution in [2.75, 3.05) is 25.1 Å². The average molecular weight is 270 g/mol. The van der Waals surface area contributed by atoms with Gasteiger partial charge in [0.25, 0.3) is 0 Å². The number of carboxylic acid groups (broad SMARTS) is 1. The zero-order valence-corrected chi connectivity index (χ0v) is 10.7. The highest BCUT2D eigenvalue weighted by Gasteiger charge is 2.08. The van der Waals surface area contributed by atoms with Gasteiger partial charge in [0.1, 0.15) is 0 Å². The molecule has 18 heavy (non-hydrogen) atoms. The van der Waals surface area contributed by atoms with Crippen molar-refractivity contribution in [3.63, 3.8) is 0 Å². The Morgan fingerprint density at radius 2 is 2.28 bits per heavy atom. The van der Waals surface area contributed by atoms with Crippen molar-refractivity contribution in [3.05, 3.63) is 41.4 Å². The summed E-state index contributed by atoms with van der Waals surface area (Å²) >= 11 is 5.84. The van der Waals surface area contributed by atoms with Crippen LogP contribution in [0.25, 0.3) is 0 Å². The zero-order chi connectivity index (χ0) is 13.4. The number of rotatable bonds is 8. The fraction of sp³-hybridized carbons (Fsp3) is 0.308. The minimum absolute atomic E-state index is 0.101. The molecule has 2 N–H and O–H groups in total. The molecule has 0 fully saturated rings. The summed E-state index contributed by atoms with van der Waals surface area (Å²) in [6.07, 6.45) is 2.64. The summed E-state index contributed by atoms with van der Waals surface area (Å²) in [5, 5.41) is 12.1. The van der Waals surface area contributed by atoms with Gasteiger partial charge in [-0.05, 0) is 24.6 Å². The maximum absolute atomic E-state index is 10.8. The summed E-state index contributed by atoms with van der Waals surface area (Å²) in [7, 11) is 0. The molecule has 0 aliphatic rings. The smallest absolute Gasteiger partial charge is 0.337 e. The molecule has 1 aromatic carbocycles. The Labute approximate surface area is 111 Å². The Morgan fingerprint density at radius 1 is 1.50 bits per heavy atom. The van der Waals surface area contributed by atoms with Gasteiger partial charge in [0, 0.05) is 12.2 Å². The van der Waals surface area contributed by atoms with Crippen molar-refractivity contribution >= 4 is 23.3 Å². The molecule has 1 rings (SSSR count). The van der Waals surface area contributed by atoms with Gasteiger partial charge < -0.3 is 15.2 Å². The average Bonchev–Trinajstić information content (AvgIpc) is 2.33. The Morgan fingerprint density at radius 3 is 2.89 bits per heavy atom. The predicted octanol–water partition coefficient (Wildman–Crippen LogP) is 3.04. The topological polar surface area (TPSA) is 58.6 Å². The van der Waals surface area contributed by atoms with Crippen LogP contribution >= 0.6 is 11.6 Å². The van der Waals surface area contributed by atoms with E-state index in [-0.39, 0.29) is 10.6 Å².